The highest BCUT2D eigenvalue weighted by Gasteiger charge is 2.10. The average Bonchev–Trinajstić information content (AvgIpc) is 3.10. The Morgan fingerprint density at radius 1 is 1.04 bits per heavy atom. The number of benzene rings is 2. The Balaban J connectivity index is 1.59. The highest BCUT2D eigenvalue weighted by atomic mass is 16.5. The lowest BCUT2D eigenvalue weighted by Crippen LogP contribution is -2.30. The fourth-order valence-corrected chi connectivity index (χ4v) is 2.41. The zero-order valence-corrected chi connectivity index (χ0v) is 14.3. The van der Waals surface area contributed by atoms with Gasteiger partial charge in [0.1, 0.15) is 11.4 Å². The topological polar surface area (TPSA) is 56.2 Å². The number of amides is 1. The molecule has 0 saturated carbocycles. The van der Waals surface area contributed by atoms with Gasteiger partial charge in [-0.05, 0) is 43.2 Å². The van der Waals surface area contributed by atoms with Crippen molar-refractivity contribution in [3.05, 3.63) is 72.6 Å². The molecule has 5 heteroatoms. The summed E-state index contributed by atoms with van der Waals surface area (Å²) in [5.41, 5.74) is 2.69. The minimum Gasteiger partial charge on any atom is -0.471 e. The molecule has 0 aliphatic heterocycles. The van der Waals surface area contributed by atoms with Crippen LogP contribution in [0.15, 0.2) is 66.9 Å². The molecule has 0 fully saturated rings. The molecule has 0 spiro atoms. The summed E-state index contributed by atoms with van der Waals surface area (Å²) in [6, 6.07) is 19.8. The summed E-state index contributed by atoms with van der Waals surface area (Å²) in [6.45, 7) is 4.08. The normalized spacial score (nSPS) is 10.7. The molecule has 5 nitrogen and oxygen atoms in total. The Labute approximate surface area is 147 Å². The van der Waals surface area contributed by atoms with E-state index in [0.29, 0.717) is 5.69 Å². The first-order valence-electron chi connectivity index (χ1n) is 8.24. The molecule has 0 unspecified atom stereocenters. The van der Waals surface area contributed by atoms with Gasteiger partial charge in [-0.1, -0.05) is 42.5 Å². The van der Waals surface area contributed by atoms with Crippen LogP contribution in [0.4, 0.5) is 0 Å². The van der Waals surface area contributed by atoms with Crippen LogP contribution in [-0.4, -0.2) is 21.7 Å². The summed E-state index contributed by atoms with van der Waals surface area (Å²) in [7, 11) is 0. The van der Waals surface area contributed by atoms with E-state index in [4.69, 9.17) is 4.74 Å². The Morgan fingerprint density at radius 2 is 1.72 bits per heavy atom. The molecule has 25 heavy (non-hydrogen) atoms. The van der Waals surface area contributed by atoms with Crippen LogP contribution in [-0.2, 0) is 6.73 Å². The first-order valence-corrected chi connectivity index (χ1v) is 8.24. The molecule has 128 valence electrons. The number of aromatic nitrogens is 2. The van der Waals surface area contributed by atoms with Gasteiger partial charge in [-0.25, -0.2) is 4.68 Å². The van der Waals surface area contributed by atoms with Crippen LogP contribution >= 0.6 is 0 Å². The molecule has 1 heterocycles. The maximum Gasteiger partial charge on any atom is 0.271 e. The number of carbonyl (C=O) groups is 1. The van der Waals surface area contributed by atoms with Crippen molar-refractivity contribution in [1.29, 1.82) is 0 Å². The number of ether oxygens (including phenoxy) is 1. The molecule has 3 rings (SSSR count). The van der Waals surface area contributed by atoms with Crippen molar-refractivity contribution in [3.63, 3.8) is 0 Å². The first-order chi connectivity index (χ1) is 12.1. The fraction of sp³-hybridized carbons (Fsp3) is 0.200. The van der Waals surface area contributed by atoms with Crippen molar-refractivity contribution >= 4 is 5.91 Å². The molecular formula is C20H21N3O2. The maximum atomic E-state index is 11.9. The third-order valence-corrected chi connectivity index (χ3v) is 3.62. The van der Waals surface area contributed by atoms with Crippen LogP contribution in [0, 0.1) is 0 Å². The van der Waals surface area contributed by atoms with Crippen molar-refractivity contribution in [2.45, 2.75) is 26.6 Å². The molecule has 1 amide bonds. The summed E-state index contributed by atoms with van der Waals surface area (Å²) >= 11 is 0. The fourth-order valence-electron chi connectivity index (χ4n) is 2.41. The lowest BCUT2D eigenvalue weighted by atomic mass is 10.1. The largest absolute Gasteiger partial charge is 0.471 e. The Hall–Kier alpha value is -3.08. The van der Waals surface area contributed by atoms with Crippen LogP contribution in [0.25, 0.3) is 11.1 Å². The number of nitrogens with one attached hydrogen (secondary N) is 1. The summed E-state index contributed by atoms with van der Waals surface area (Å²) in [5.74, 6) is 0.573. The predicted molar refractivity (Wildman–Crippen MR) is 97.3 cm³/mol. The Kier molecular flexibility index (Phi) is 5.14. The van der Waals surface area contributed by atoms with Gasteiger partial charge in [-0.2, -0.15) is 5.10 Å². The number of nitrogens with zero attached hydrogens (tertiary/aromatic N) is 2. The Bertz CT molecular complexity index is 824. The van der Waals surface area contributed by atoms with E-state index >= 15 is 0 Å². The SMILES string of the molecule is CC(C)NC(=O)c1ccn(COc2ccc(-c3ccccc3)cc2)n1. The van der Waals surface area contributed by atoms with E-state index in [2.05, 4.69) is 22.5 Å². The molecule has 1 aromatic heterocycles. The molecule has 0 radical (unpaired) electrons. The minimum atomic E-state index is -0.180. The van der Waals surface area contributed by atoms with E-state index < -0.39 is 0 Å². The lowest BCUT2D eigenvalue weighted by Gasteiger charge is -2.08. The molecular weight excluding hydrogens is 314 g/mol. The quantitative estimate of drug-likeness (QED) is 0.747. The second-order valence-electron chi connectivity index (χ2n) is 6.03. The zero-order chi connectivity index (χ0) is 17.6. The van der Waals surface area contributed by atoms with Gasteiger partial charge in [0.25, 0.3) is 5.91 Å². The van der Waals surface area contributed by atoms with Crippen LogP contribution in [0.5, 0.6) is 5.75 Å². The second-order valence-corrected chi connectivity index (χ2v) is 6.03. The number of hydrogen-bond donors (Lipinski definition) is 1. The zero-order valence-electron chi connectivity index (χ0n) is 14.3. The van der Waals surface area contributed by atoms with Gasteiger partial charge in [-0.3, -0.25) is 4.79 Å². The van der Waals surface area contributed by atoms with Crippen molar-refractivity contribution in [3.8, 4) is 16.9 Å². The number of hydrogen-bond acceptors (Lipinski definition) is 3. The van der Waals surface area contributed by atoms with Gasteiger partial charge >= 0.3 is 0 Å². The highest BCUT2D eigenvalue weighted by Crippen LogP contribution is 2.22. The van der Waals surface area contributed by atoms with E-state index in [1.807, 2.05) is 56.3 Å². The Morgan fingerprint density at radius 3 is 2.40 bits per heavy atom. The highest BCUT2D eigenvalue weighted by molar-refractivity contribution is 5.92. The molecule has 0 aliphatic rings. The van der Waals surface area contributed by atoms with Crippen molar-refractivity contribution < 1.29 is 9.53 Å². The summed E-state index contributed by atoms with van der Waals surface area (Å²) < 4.78 is 7.32. The summed E-state index contributed by atoms with van der Waals surface area (Å²) in [4.78, 5) is 11.9. The molecule has 0 atom stereocenters. The third-order valence-electron chi connectivity index (χ3n) is 3.62. The van der Waals surface area contributed by atoms with E-state index in [1.165, 1.54) is 5.56 Å². The molecule has 1 N–H and O–H groups in total. The smallest absolute Gasteiger partial charge is 0.271 e. The van der Waals surface area contributed by atoms with Crippen LogP contribution in [0.1, 0.15) is 24.3 Å². The molecule has 3 aromatic rings. The summed E-state index contributed by atoms with van der Waals surface area (Å²) in [5, 5.41) is 7.04. The predicted octanol–water partition coefficient (Wildman–Crippen LogP) is 3.72. The minimum absolute atomic E-state index is 0.0806. The molecule has 0 saturated heterocycles. The standard InChI is InChI=1S/C20H21N3O2/c1-15(2)21-20(24)19-12-13-23(22-19)14-25-18-10-8-17(9-11-18)16-6-4-3-5-7-16/h3-13,15H,14H2,1-2H3,(H,21,24). The van der Waals surface area contributed by atoms with Crippen LogP contribution in [0.3, 0.4) is 0 Å². The van der Waals surface area contributed by atoms with Crippen molar-refractivity contribution in [1.82, 2.24) is 15.1 Å². The van der Waals surface area contributed by atoms with Gasteiger partial charge in [0, 0.05) is 12.2 Å². The average molecular weight is 335 g/mol. The van der Waals surface area contributed by atoms with E-state index in [0.717, 1.165) is 11.3 Å². The molecule has 2 aromatic carbocycles. The molecule has 0 aliphatic carbocycles. The van der Waals surface area contributed by atoms with Gasteiger partial charge in [0.05, 0.1) is 0 Å². The van der Waals surface area contributed by atoms with Gasteiger partial charge in [0.2, 0.25) is 0 Å². The van der Waals surface area contributed by atoms with Crippen molar-refractivity contribution in [2.24, 2.45) is 0 Å². The number of rotatable bonds is 6. The maximum absolute atomic E-state index is 11.9. The van der Waals surface area contributed by atoms with E-state index in [-0.39, 0.29) is 18.7 Å². The first kappa shape index (κ1) is 16.8. The van der Waals surface area contributed by atoms with E-state index in [1.54, 1.807) is 16.9 Å². The monoisotopic (exact) mass is 335 g/mol. The van der Waals surface area contributed by atoms with Crippen LogP contribution in [0.2, 0.25) is 0 Å². The number of carbonyl (C=O) groups excluding carboxylic acids is 1. The summed E-state index contributed by atoms with van der Waals surface area (Å²) in [6.07, 6.45) is 1.73. The van der Waals surface area contributed by atoms with Gasteiger partial charge < -0.3 is 10.1 Å². The molecule has 0 bridgehead atoms. The lowest BCUT2D eigenvalue weighted by molar-refractivity contribution is 0.0936. The third kappa shape index (κ3) is 4.47. The van der Waals surface area contributed by atoms with Crippen LogP contribution < -0.4 is 10.1 Å². The van der Waals surface area contributed by atoms with Gasteiger partial charge in [0.15, 0.2) is 6.73 Å². The van der Waals surface area contributed by atoms with Crippen molar-refractivity contribution in [2.75, 3.05) is 0 Å². The second kappa shape index (κ2) is 7.66. The van der Waals surface area contributed by atoms with Gasteiger partial charge in [-0.15, -0.1) is 0 Å². The van der Waals surface area contributed by atoms with E-state index in [9.17, 15) is 4.79 Å².